The van der Waals surface area contributed by atoms with Crippen molar-refractivity contribution in [3.63, 3.8) is 0 Å². The fourth-order valence-electron chi connectivity index (χ4n) is 4.71. The molecular formula is C22H36Cl2N6. The second-order valence-electron chi connectivity index (χ2n) is 8.42. The quantitative estimate of drug-likeness (QED) is 0.748. The van der Waals surface area contributed by atoms with Crippen LogP contribution in [0.2, 0.25) is 0 Å². The number of benzene rings is 1. The molecule has 2 aliphatic heterocycles. The molecular weight excluding hydrogens is 419 g/mol. The van der Waals surface area contributed by atoms with E-state index in [1.54, 1.807) is 0 Å². The first-order valence-electron chi connectivity index (χ1n) is 10.8. The predicted octanol–water partition coefficient (Wildman–Crippen LogP) is 2.83. The van der Waals surface area contributed by atoms with E-state index in [-0.39, 0.29) is 24.8 Å². The molecule has 0 radical (unpaired) electrons. The minimum Gasteiger partial charge on any atom is -0.356 e. The lowest BCUT2D eigenvalue weighted by atomic mass is 9.89. The third-order valence-electron chi connectivity index (χ3n) is 6.63. The molecule has 1 unspecified atom stereocenters. The average Bonchev–Trinajstić information content (AvgIpc) is 2.74. The molecule has 3 heterocycles. The number of para-hydroxylation sites is 1. The fraction of sp³-hybridized carbons (Fsp3) is 0.636. The topological polar surface area (TPSA) is 61.5 Å². The van der Waals surface area contributed by atoms with Crippen LogP contribution in [0.15, 0.2) is 24.3 Å². The number of piperidine rings is 1. The molecule has 0 bridgehead atoms. The molecule has 0 amide bonds. The minimum absolute atomic E-state index is 0. The number of nitrogens with zero attached hydrogens (tertiary/aromatic N) is 5. The van der Waals surface area contributed by atoms with Gasteiger partial charge in [-0.3, -0.25) is 4.90 Å². The molecule has 1 atom stereocenters. The maximum absolute atomic E-state index is 5.76. The summed E-state index contributed by atoms with van der Waals surface area (Å²) in [7, 11) is 2.23. The van der Waals surface area contributed by atoms with Crippen molar-refractivity contribution >= 4 is 41.5 Å². The highest BCUT2D eigenvalue weighted by molar-refractivity contribution is 5.89. The summed E-state index contributed by atoms with van der Waals surface area (Å²) >= 11 is 0. The lowest BCUT2D eigenvalue weighted by Crippen LogP contribution is -2.51. The zero-order valence-corrected chi connectivity index (χ0v) is 19.8. The number of hydrogen-bond donors (Lipinski definition) is 1. The van der Waals surface area contributed by atoms with E-state index in [9.17, 15) is 0 Å². The molecule has 1 aromatic carbocycles. The van der Waals surface area contributed by atoms with Crippen molar-refractivity contribution in [2.24, 2.45) is 11.7 Å². The highest BCUT2D eigenvalue weighted by Crippen LogP contribution is 2.30. The van der Waals surface area contributed by atoms with E-state index in [1.807, 2.05) is 0 Å². The minimum atomic E-state index is 0. The summed E-state index contributed by atoms with van der Waals surface area (Å²) in [6.07, 6.45) is 3.20. The first-order valence-corrected chi connectivity index (χ1v) is 10.8. The zero-order valence-electron chi connectivity index (χ0n) is 18.2. The molecule has 0 saturated carbocycles. The third-order valence-corrected chi connectivity index (χ3v) is 6.63. The Morgan fingerprint density at radius 1 is 1.00 bits per heavy atom. The number of aromatic nitrogens is 2. The summed E-state index contributed by atoms with van der Waals surface area (Å²) in [4.78, 5) is 17.2. The van der Waals surface area contributed by atoms with E-state index in [1.165, 1.54) is 39.0 Å². The molecule has 168 valence electrons. The van der Waals surface area contributed by atoms with Gasteiger partial charge in [-0.1, -0.05) is 12.1 Å². The number of anilines is 1. The highest BCUT2D eigenvalue weighted by Gasteiger charge is 2.30. The number of nitrogens with two attached hydrogens (primary N) is 1. The first kappa shape index (κ1) is 25.1. The summed E-state index contributed by atoms with van der Waals surface area (Å²) in [5.74, 6) is 2.74. The molecule has 2 N–H and O–H groups in total. The highest BCUT2D eigenvalue weighted by atomic mass is 35.5. The van der Waals surface area contributed by atoms with Crippen molar-refractivity contribution in [3.05, 3.63) is 30.1 Å². The molecule has 2 aliphatic rings. The van der Waals surface area contributed by atoms with Crippen LogP contribution in [-0.4, -0.2) is 78.7 Å². The van der Waals surface area contributed by atoms with Gasteiger partial charge in [0.1, 0.15) is 11.6 Å². The Balaban J connectivity index is 0.00000160. The third kappa shape index (κ3) is 5.54. The number of piperazine rings is 1. The molecule has 2 saturated heterocycles. The number of rotatable bonds is 5. The molecule has 6 nitrogen and oxygen atoms in total. The van der Waals surface area contributed by atoms with Crippen LogP contribution in [0.1, 0.15) is 25.6 Å². The second-order valence-corrected chi connectivity index (χ2v) is 8.42. The van der Waals surface area contributed by atoms with Crippen LogP contribution >= 0.6 is 24.8 Å². The second kappa shape index (κ2) is 11.4. The standard InChI is InChI=1S/C22H34N6.2ClH/c1-17(27-15-13-26(2)14-16-27)18-8-11-28(12-9-18)22-19-5-3-4-6-20(19)24-21(25-22)7-10-23;;/h3-6,17-18H,7-16,23H2,1-2H3;2*1H. The van der Waals surface area contributed by atoms with E-state index in [2.05, 4.69) is 52.9 Å². The molecule has 2 fully saturated rings. The van der Waals surface area contributed by atoms with Gasteiger partial charge in [0.05, 0.1) is 5.52 Å². The van der Waals surface area contributed by atoms with Gasteiger partial charge < -0.3 is 15.5 Å². The maximum atomic E-state index is 5.76. The van der Waals surface area contributed by atoms with Crippen LogP contribution in [-0.2, 0) is 6.42 Å². The molecule has 30 heavy (non-hydrogen) atoms. The van der Waals surface area contributed by atoms with Crippen molar-refractivity contribution in [1.29, 1.82) is 0 Å². The smallest absolute Gasteiger partial charge is 0.140 e. The number of likely N-dealkylation sites (N-methyl/N-ethyl adjacent to an activating group) is 1. The van der Waals surface area contributed by atoms with Gasteiger partial charge in [0.2, 0.25) is 0 Å². The van der Waals surface area contributed by atoms with Gasteiger partial charge in [0.15, 0.2) is 0 Å². The Bertz CT molecular complexity index is 788. The Hall–Kier alpha value is -1.18. The molecule has 2 aromatic rings. The van der Waals surface area contributed by atoms with E-state index in [0.717, 1.165) is 48.0 Å². The molecule has 1 aromatic heterocycles. The molecule has 0 aliphatic carbocycles. The average molecular weight is 455 g/mol. The Labute approximate surface area is 193 Å². The molecule has 8 heteroatoms. The van der Waals surface area contributed by atoms with Gasteiger partial charge in [-0.2, -0.15) is 0 Å². The van der Waals surface area contributed by atoms with Crippen LogP contribution in [0.25, 0.3) is 10.9 Å². The monoisotopic (exact) mass is 454 g/mol. The first-order chi connectivity index (χ1) is 13.7. The van der Waals surface area contributed by atoms with E-state index >= 15 is 0 Å². The number of hydrogen-bond acceptors (Lipinski definition) is 6. The maximum Gasteiger partial charge on any atom is 0.140 e. The summed E-state index contributed by atoms with van der Waals surface area (Å²) in [6.45, 7) is 9.97. The van der Waals surface area contributed by atoms with Gasteiger partial charge in [0.25, 0.3) is 0 Å². The Kier molecular flexibility index (Phi) is 9.57. The Morgan fingerprint density at radius 2 is 1.67 bits per heavy atom. The summed E-state index contributed by atoms with van der Waals surface area (Å²) in [5.41, 5.74) is 6.79. The van der Waals surface area contributed by atoms with Gasteiger partial charge in [0, 0.05) is 57.1 Å². The van der Waals surface area contributed by atoms with Crippen molar-refractivity contribution in [2.75, 3.05) is 57.8 Å². The molecule has 4 rings (SSSR count). The van der Waals surface area contributed by atoms with Crippen LogP contribution in [0.3, 0.4) is 0 Å². The predicted molar refractivity (Wildman–Crippen MR) is 130 cm³/mol. The number of halogens is 2. The summed E-state index contributed by atoms with van der Waals surface area (Å²) in [6, 6.07) is 9.04. The van der Waals surface area contributed by atoms with Crippen LogP contribution in [0, 0.1) is 5.92 Å². The van der Waals surface area contributed by atoms with E-state index < -0.39 is 0 Å². The molecule has 0 spiro atoms. The van der Waals surface area contributed by atoms with E-state index in [0.29, 0.717) is 12.6 Å². The fourth-order valence-corrected chi connectivity index (χ4v) is 4.71. The lowest BCUT2D eigenvalue weighted by molar-refractivity contribution is 0.0813. The zero-order chi connectivity index (χ0) is 19.5. The Morgan fingerprint density at radius 3 is 2.33 bits per heavy atom. The van der Waals surface area contributed by atoms with Crippen LogP contribution in [0.4, 0.5) is 5.82 Å². The van der Waals surface area contributed by atoms with Gasteiger partial charge >= 0.3 is 0 Å². The van der Waals surface area contributed by atoms with Crippen molar-refractivity contribution in [3.8, 4) is 0 Å². The lowest BCUT2D eigenvalue weighted by Gasteiger charge is -2.43. The normalized spacial score (nSPS) is 19.9. The SMILES string of the molecule is CC(C1CCN(c2nc(CCN)nc3ccccc23)CC1)N1CCN(C)CC1.Cl.Cl. The summed E-state index contributed by atoms with van der Waals surface area (Å²) in [5, 5.41) is 1.16. The van der Waals surface area contributed by atoms with Crippen molar-refractivity contribution < 1.29 is 0 Å². The summed E-state index contributed by atoms with van der Waals surface area (Å²) < 4.78 is 0. The van der Waals surface area contributed by atoms with Crippen molar-refractivity contribution in [2.45, 2.75) is 32.2 Å². The van der Waals surface area contributed by atoms with Gasteiger partial charge in [-0.25, -0.2) is 9.97 Å². The van der Waals surface area contributed by atoms with Crippen LogP contribution in [0.5, 0.6) is 0 Å². The number of fused-ring (bicyclic) bond motifs is 1. The van der Waals surface area contributed by atoms with Gasteiger partial charge in [-0.15, -0.1) is 24.8 Å². The largest absolute Gasteiger partial charge is 0.356 e. The van der Waals surface area contributed by atoms with Crippen LogP contribution < -0.4 is 10.6 Å². The van der Waals surface area contributed by atoms with Gasteiger partial charge in [-0.05, 0) is 51.4 Å². The van der Waals surface area contributed by atoms with Crippen molar-refractivity contribution in [1.82, 2.24) is 19.8 Å². The van der Waals surface area contributed by atoms with E-state index in [4.69, 9.17) is 15.7 Å².